The maximum absolute atomic E-state index is 11.9. The Balaban J connectivity index is 1.94. The lowest BCUT2D eigenvalue weighted by molar-refractivity contribution is -0.119. The van der Waals surface area contributed by atoms with Gasteiger partial charge in [0.25, 0.3) is 11.1 Å². The van der Waals surface area contributed by atoms with Gasteiger partial charge in [-0.05, 0) is 33.8 Å². The van der Waals surface area contributed by atoms with Crippen molar-refractivity contribution in [3.05, 3.63) is 18.1 Å². The highest BCUT2D eigenvalue weighted by Crippen LogP contribution is 2.28. The molecule has 8 nitrogen and oxygen atoms in total. The molecule has 124 valence electrons. The second-order valence-electron chi connectivity index (χ2n) is 5.14. The third-order valence-corrected chi connectivity index (χ3v) is 3.73. The number of hydrogen-bond donors (Lipinski definition) is 2. The van der Waals surface area contributed by atoms with Crippen molar-refractivity contribution < 1.29 is 18.4 Å². The Labute approximate surface area is 137 Å². The number of hydrogen-bond acceptors (Lipinski definition) is 7. The van der Waals surface area contributed by atoms with Gasteiger partial charge in [-0.15, -0.1) is 10.2 Å². The highest BCUT2D eigenvalue weighted by Gasteiger charge is 2.21. The van der Waals surface area contributed by atoms with E-state index in [0.29, 0.717) is 17.2 Å². The largest absolute Gasteiger partial charge is 0.469 e. The molecule has 0 aliphatic heterocycles. The SMILES string of the molecule is Cc1occc1-c1nnc(S[C@@H](C)C(=O)NC(=O)NC(C)C)o1. The summed E-state index contributed by atoms with van der Waals surface area (Å²) in [6.45, 7) is 7.05. The molecule has 0 saturated heterocycles. The van der Waals surface area contributed by atoms with E-state index in [-0.39, 0.29) is 11.3 Å². The Bertz CT molecular complexity index is 695. The highest BCUT2D eigenvalue weighted by molar-refractivity contribution is 8.00. The van der Waals surface area contributed by atoms with Gasteiger partial charge in [0.2, 0.25) is 5.91 Å². The summed E-state index contributed by atoms with van der Waals surface area (Å²) in [6, 6.07) is 1.14. The third-order valence-electron chi connectivity index (χ3n) is 2.80. The predicted octanol–water partition coefficient (Wildman–Crippen LogP) is 2.35. The zero-order valence-electron chi connectivity index (χ0n) is 13.2. The number of imide groups is 1. The van der Waals surface area contributed by atoms with E-state index in [0.717, 1.165) is 11.8 Å². The van der Waals surface area contributed by atoms with E-state index in [4.69, 9.17) is 8.83 Å². The first-order valence-corrected chi connectivity index (χ1v) is 7.90. The van der Waals surface area contributed by atoms with Crippen LogP contribution < -0.4 is 10.6 Å². The number of carbonyl (C=O) groups is 2. The zero-order valence-corrected chi connectivity index (χ0v) is 14.1. The lowest BCUT2D eigenvalue weighted by atomic mass is 10.3. The lowest BCUT2D eigenvalue weighted by Gasteiger charge is -2.11. The molecule has 2 heterocycles. The fourth-order valence-electron chi connectivity index (χ4n) is 1.69. The average Bonchev–Trinajstić information content (AvgIpc) is 3.06. The van der Waals surface area contributed by atoms with Gasteiger partial charge in [-0.2, -0.15) is 0 Å². The van der Waals surface area contributed by atoms with Crippen molar-refractivity contribution >= 4 is 23.7 Å². The quantitative estimate of drug-likeness (QED) is 0.805. The summed E-state index contributed by atoms with van der Waals surface area (Å²) in [5.41, 5.74) is 0.706. The molecule has 2 rings (SSSR count). The van der Waals surface area contributed by atoms with Gasteiger partial charge in [0.1, 0.15) is 5.76 Å². The van der Waals surface area contributed by atoms with Crippen LogP contribution in [0.25, 0.3) is 11.5 Å². The van der Waals surface area contributed by atoms with Gasteiger partial charge in [0.05, 0.1) is 17.1 Å². The minimum absolute atomic E-state index is 0.0533. The van der Waals surface area contributed by atoms with E-state index in [9.17, 15) is 9.59 Å². The Kier molecular flexibility index (Phi) is 5.43. The highest BCUT2D eigenvalue weighted by atomic mass is 32.2. The minimum Gasteiger partial charge on any atom is -0.469 e. The summed E-state index contributed by atoms with van der Waals surface area (Å²) >= 11 is 1.07. The summed E-state index contributed by atoms with van der Waals surface area (Å²) < 4.78 is 10.7. The Morgan fingerprint density at radius 2 is 2.00 bits per heavy atom. The van der Waals surface area contributed by atoms with Gasteiger partial charge in [0.15, 0.2) is 0 Å². The van der Waals surface area contributed by atoms with Crippen molar-refractivity contribution in [3.8, 4) is 11.5 Å². The molecule has 0 aliphatic rings. The van der Waals surface area contributed by atoms with Crippen LogP contribution in [0, 0.1) is 6.92 Å². The third kappa shape index (κ3) is 4.59. The molecule has 2 N–H and O–H groups in total. The molecule has 0 bridgehead atoms. The molecule has 23 heavy (non-hydrogen) atoms. The molecule has 0 spiro atoms. The van der Waals surface area contributed by atoms with Crippen LogP contribution in [0.4, 0.5) is 4.79 Å². The molecular weight excluding hydrogens is 320 g/mol. The Morgan fingerprint density at radius 3 is 2.61 bits per heavy atom. The molecule has 2 aromatic heterocycles. The summed E-state index contributed by atoms with van der Waals surface area (Å²) in [4.78, 5) is 23.4. The number of rotatable bonds is 5. The number of aromatic nitrogens is 2. The number of nitrogens with zero attached hydrogens (tertiary/aromatic N) is 2. The standard InChI is InChI=1S/C14H18N4O4S/c1-7(2)15-13(20)16-11(19)9(4)23-14-18-17-12(22-14)10-5-6-21-8(10)3/h5-7,9H,1-4H3,(H2,15,16,19,20)/t9-/m0/s1. The predicted molar refractivity (Wildman–Crippen MR) is 83.9 cm³/mol. The molecular formula is C14H18N4O4S. The summed E-state index contributed by atoms with van der Waals surface area (Å²) in [6.07, 6.45) is 1.53. The van der Waals surface area contributed by atoms with Crippen LogP contribution in [0.3, 0.4) is 0 Å². The van der Waals surface area contributed by atoms with Crippen LogP contribution in [0.2, 0.25) is 0 Å². The van der Waals surface area contributed by atoms with Gasteiger partial charge in [-0.1, -0.05) is 11.8 Å². The van der Waals surface area contributed by atoms with Crippen molar-refractivity contribution in [1.82, 2.24) is 20.8 Å². The van der Waals surface area contributed by atoms with Gasteiger partial charge in [-0.3, -0.25) is 10.1 Å². The number of nitrogens with one attached hydrogen (secondary N) is 2. The summed E-state index contributed by atoms with van der Waals surface area (Å²) in [5.74, 6) is 0.553. The van der Waals surface area contributed by atoms with E-state index in [1.807, 2.05) is 0 Å². The Morgan fingerprint density at radius 1 is 1.26 bits per heavy atom. The fraction of sp³-hybridized carbons (Fsp3) is 0.429. The van der Waals surface area contributed by atoms with Crippen LogP contribution in [0.1, 0.15) is 26.5 Å². The van der Waals surface area contributed by atoms with Crippen LogP contribution in [-0.2, 0) is 4.79 Å². The maximum Gasteiger partial charge on any atom is 0.321 e. The van der Waals surface area contributed by atoms with Crippen molar-refractivity contribution in [2.24, 2.45) is 0 Å². The van der Waals surface area contributed by atoms with Crippen molar-refractivity contribution in [1.29, 1.82) is 0 Å². The normalized spacial score (nSPS) is 12.2. The second-order valence-corrected chi connectivity index (χ2v) is 6.43. The molecule has 1 atom stereocenters. The maximum atomic E-state index is 11.9. The van der Waals surface area contributed by atoms with E-state index in [1.54, 1.807) is 33.8 Å². The lowest BCUT2D eigenvalue weighted by Crippen LogP contribution is -2.45. The van der Waals surface area contributed by atoms with Gasteiger partial charge in [0, 0.05) is 6.04 Å². The molecule has 2 aromatic rings. The fourth-order valence-corrected chi connectivity index (χ4v) is 2.37. The molecule has 3 amide bonds. The molecule has 0 unspecified atom stereocenters. The molecule has 0 radical (unpaired) electrons. The van der Waals surface area contributed by atoms with Crippen molar-refractivity contribution in [2.75, 3.05) is 0 Å². The average molecular weight is 338 g/mol. The van der Waals surface area contributed by atoms with Crippen molar-refractivity contribution in [3.63, 3.8) is 0 Å². The topological polar surface area (TPSA) is 110 Å². The number of furan rings is 1. The molecule has 0 saturated carbocycles. The van der Waals surface area contributed by atoms with Gasteiger partial charge in [-0.25, -0.2) is 4.79 Å². The van der Waals surface area contributed by atoms with E-state index >= 15 is 0 Å². The number of amides is 3. The minimum atomic E-state index is -0.563. The van der Waals surface area contributed by atoms with Gasteiger partial charge < -0.3 is 14.2 Å². The van der Waals surface area contributed by atoms with Crippen molar-refractivity contribution in [2.45, 2.75) is 44.2 Å². The van der Waals surface area contributed by atoms with Crippen LogP contribution in [0.5, 0.6) is 0 Å². The Hall–Kier alpha value is -2.29. The summed E-state index contributed by atoms with van der Waals surface area (Å²) in [5, 5.41) is 12.3. The second kappa shape index (κ2) is 7.32. The molecule has 0 aromatic carbocycles. The van der Waals surface area contributed by atoms with Crippen LogP contribution in [0.15, 0.2) is 26.4 Å². The molecule has 0 fully saturated rings. The number of carbonyl (C=O) groups excluding carboxylic acids is 2. The van der Waals surface area contributed by atoms with E-state index in [1.165, 1.54) is 6.26 Å². The van der Waals surface area contributed by atoms with Crippen LogP contribution in [-0.4, -0.2) is 33.4 Å². The molecule has 9 heteroatoms. The van der Waals surface area contributed by atoms with E-state index in [2.05, 4.69) is 20.8 Å². The van der Waals surface area contributed by atoms with Gasteiger partial charge >= 0.3 is 6.03 Å². The summed E-state index contributed by atoms with van der Waals surface area (Å²) in [7, 11) is 0. The first-order valence-electron chi connectivity index (χ1n) is 7.02. The van der Waals surface area contributed by atoms with E-state index < -0.39 is 17.2 Å². The molecule has 0 aliphatic carbocycles. The number of urea groups is 1. The zero-order chi connectivity index (χ0) is 17.0. The smallest absolute Gasteiger partial charge is 0.321 e. The first-order chi connectivity index (χ1) is 10.9. The number of thioether (sulfide) groups is 1. The number of aryl methyl sites for hydroxylation is 1. The monoisotopic (exact) mass is 338 g/mol. The first kappa shape index (κ1) is 17.1. The van der Waals surface area contributed by atoms with Crippen LogP contribution >= 0.6 is 11.8 Å².